The number of hydrogen-bond donors (Lipinski definition) is 1. The van der Waals surface area contributed by atoms with Crippen molar-refractivity contribution in [2.24, 2.45) is 0 Å². The van der Waals surface area contributed by atoms with Gasteiger partial charge in [0.25, 0.3) is 5.91 Å². The van der Waals surface area contributed by atoms with Gasteiger partial charge in [0.1, 0.15) is 11.5 Å². The number of carbonyl (C=O) groups excluding carboxylic acids is 3. The summed E-state index contributed by atoms with van der Waals surface area (Å²) in [7, 11) is 3.09. The third kappa shape index (κ3) is 6.18. The smallest absolute Gasteiger partial charge is 0.260 e. The summed E-state index contributed by atoms with van der Waals surface area (Å²) >= 11 is 0. The first-order chi connectivity index (χ1) is 15.5. The zero-order chi connectivity index (χ0) is 22.9. The summed E-state index contributed by atoms with van der Waals surface area (Å²) in [4.78, 5) is 38.2. The number of methoxy groups -OCH3 is 1. The molecule has 164 valence electrons. The Morgan fingerprint density at radius 2 is 1.41 bits per heavy atom. The van der Waals surface area contributed by atoms with E-state index in [0.717, 1.165) is 0 Å². The summed E-state index contributed by atoms with van der Waals surface area (Å²) in [5.41, 5.74) is 1.74. The number of likely N-dealkylation sites (N-methyl/N-ethyl adjacent to an activating group) is 1. The molecule has 0 saturated heterocycles. The van der Waals surface area contributed by atoms with Crippen LogP contribution in [0.5, 0.6) is 11.5 Å². The molecule has 2 amide bonds. The van der Waals surface area contributed by atoms with Gasteiger partial charge in [-0.15, -0.1) is 0 Å². The largest absolute Gasteiger partial charge is 0.497 e. The van der Waals surface area contributed by atoms with E-state index in [1.54, 1.807) is 67.8 Å². The van der Waals surface area contributed by atoms with Gasteiger partial charge in [-0.3, -0.25) is 14.4 Å². The Balaban J connectivity index is 1.46. The van der Waals surface area contributed by atoms with Crippen LogP contribution >= 0.6 is 0 Å². The normalized spacial score (nSPS) is 10.2. The molecule has 0 bridgehead atoms. The second-order valence-corrected chi connectivity index (χ2v) is 7.03. The number of hydrogen-bond acceptors (Lipinski definition) is 5. The van der Waals surface area contributed by atoms with E-state index in [2.05, 4.69) is 5.32 Å². The Labute approximate surface area is 186 Å². The summed E-state index contributed by atoms with van der Waals surface area (Å²) in [6, 6.07) is 22.5. The molecular formula is C25H24N2O5. The summed E-state index contributed by atoms with van der Waals surface area (Å²) < 4.78 is 10.6. The highest BCUT2D eigenvalue weighted by molar-refractivity contribution is 6.09. The van der Waals surface area contributed by atoms with Crippen LogP contribution in [0.1, 0.15) is 15.9 Å². The summed E-state index contributed by atoms with van der Waals surface area (Å²) in [5, 5.41) is 2.72. The van der Waals surface area contributed by atoms with E-state index in [1.807, 2.05) is 18.2 Å². The van der Waals surface area contributed by atoms with E-state index in [0.29, 0.717) is 28.3 Å². The number of nitrogens with zero attached hydrogens (tertiary/aromatic N) is 1. The van der Waals surface area contributed by atoms with Crippen LogP contribution in [0.3, 0.4) is 0 Å². The van der Waals surface area contributed by atoms with Crippen molar-refractivity contribution in [3.05, 3.63) is 90.0 Å². The standard InChI is InChI=1S/C25H24N2O5/c1-27(16-23(28)26-20-10-14-21(31-2)15-11-20)24(29)17-32-22-12-8-19(9-13-22)25(30)18-6-4-3-5-7-18/h3-15H,16-17H2,1-2H3,(H,26,28). The first kappa shape index (κ1) is 22.6. The van der Waals surface area contributed by atoms with Crippen LogP contribution in [0.25, 0.3) is 0 Å². The molecule has 0 radical (unpaired) electrons. The Morgan fingerprint density at radius 3 is 2.03 bits per heavy atom. The first-order valence-corrected chi connectivity index (χ1v) is 9.97. The van der Waals surface area contributed by atoms with Crippen molar-refractivity contribution in [3.63, 3.8) is 0 Å². The molecule has 0 aromatic heterocycles. The zero-order valence-corrected chi connectivity index (χ0v) is 17.9. The van der Waals surface area contributed by atoms with Gasteiger partial charge in [-0.25, -0.2) is 0 Å². The van der Waals surface area contributed by atoms with Crippen LogP contribution < -0.4 is 14.8 Å². The van der Waals surface area contributed by atoms with E-state index in [9.17, 15) is 14.4 Å². The minimum Gasteiger partial charge on any atom is -0.497 e. The molecule has 7 nitrogen and oxygen atoms in total. The Kier molecular flexibility index (Phi) is 7.59. The number of anilines is 1. The van der Waals surface area contributed by atoms with Gasteiger partial charge in [0.05, 0.1) is 13.7 Å². The van der Waals surface area contributed by atoms with Crippen LogP contribution in [0.2, 0.25) is 0 Å². The van der Waals surface area contributed by atoms with Gasteiger partial charge >= 0.3 is 0 Å². The summed E-state index contributed by atoms with van der Waals surface area (Å²) in [6.07, 6.45) is 0. The number of rotatable bonds is 9. The average molecular weight is 432 g/mol. The SMILES string of the molecule is COc1ccc(NC(=O)CN(C)C(=O)COc2ccc(C(=O)c3ccccc3)cc2)cc1. The van der Waals surface area contributed by atoms with E-state index in [4.69, 9.17) is 9.47 Å². The molecule has 0 spiro atoms. The van der Waals surface area contributed by atoms with Crippen molar-refractivity contribution in [2.75, 3.05) is 32.6 Å². The van der Waals surface area contributed by atoms with Crippen molar-refractivity contribution >= 4 is 23.3 Å². The number of nitrogens with one attached hydrogen (secondary N) is 1. The Morgan fingerprint density at radius 1 is 0.812 bits per heavy atom. The van der Waals surface area contributed by atoms with Crippen molar-refractivity contribution in [2.45, 2.75) is 0 Å². The van der Waals surface area contributed by atoms with Gasteiger partial charge in [-0.05, 0) is 48.5 Å². The van der Waals surface area contributed by atoms with E-state index in [1.165, 1.54) is 11.9 Å². The second-order valence-electron chi connectivity index (χ2n) is 7.03. The predicted molar refractivity (Wildman–Crippen MR) is 121 cm³/mol. The van der Waals surface area contributed by atoms with Crippen molar-refractivity contribution in [1.82, 2.24) is 4.90 Å². The molecule has 0 aliphatic rings. The van der Waals surface area contributed by atoms with E-state index < -0.39 is 0 Å². The maximum Gasteiger partial charge on any atom is 0.260 e. The highest BCUT2D eigenvalue weighted by Gasteiger charge is 2.14. The number of carbonyl (C=O) groups is 3. The van der Waals surface area contributed by atoms with Gasteiger partial charge in [0.2, 0.25) is 5.91 Å². The van der Waals surface area contributed by atoms with Crippen molar-refractivity contribution < 1.29 is 23.9 Å². The first-order valence-electron chi connectivity index (χ1n) is 9.97. The van der Waals surface area contributed by atoms with Crippen molar-refractivity contribution in [1.29, 1.82) is 0 Å². The van der Waals surface area contributed by atoms with Gasteiger partial charge in [-0.2, -0.15) is 0 Å². The lowest BCUT2D eigenvalue weighted by molar-refractivity contribution is -0.135. The fraction of sp³-hybridized carbons (Fsp3) is 0.160. The molecule has 0 unspecified atom stereocenters. The molecule has 0 fully saturated rings. The molecule has 0 atom stereocenters. The molecule has 32 heavy (non-hydrogen) atoms. The fourth-order valence-electron chi connectivity index (χ4n) is 2.89. The number of ether oxygens (including phenoxy) is 2. The molecule has 0 aliphatic carbocycles. The molecule has 3 aromatic carbocycles. The van der Waals surface area contributed by atoms with Gasteiger partial charge in [0, 0.05) is 23.9 Å². The molecule has 1 N–H and O–H groups in total. The van der Waals surface area contributed by atoms with Crippen LogP contribution in [-0.4, -0.2) is 49.8 Å². The monoisotopic (exact) mass is 432 g/mol. The number of amides is 2. The topological polar surface area (TPSA) is 84.9 Å². The predicted octanol–water partition coefficient (Wildman–Crippen LogP) is 3.40. The lowest BCUT2D eigenvalue weighted by Gasteiger charge is -2.17. The van der Waals surface area contributed by atoms with Gasteiger partial charge < -0.3 is 19.7 Å². The maximum absolute atomic E-state index is 12.4. The summed E-state index contributed by atoms with van der Waals surface area (Å²) in [5.74, 6) is 0.383. The van der Waals surface area contributed by atoms with Gasteiger partial charge in [-0.1, -0.05) is 30.3 Å². The van der Waals surface area contributed by atoms with Crippen molar-refractivity contribution in [3.8, 4) is 11.5 Å². The number of benzene rings is 3. The van der Waals surface area contributed by atoms with Crippen LogP contribution in [0.4, 0.5) is 5.69 Å². The molecule has 7 heteroatoms. The lowest BCUT2D eigenvalue weighted by atomic mass is 10.0. The third-order valence-electron chi connectivity index (χ3n) is 4.70. The van der Waals surface area contributed by atoms with Crippen LogP contribution in [0.15, 0.2) is 78.9 Å². The molecule has 3 aromatic rings. The molecular weight excluding hydrogens is 408 g/mol. The molecule has 3 rings (SSSR count). The zero-order valence-electron chi connectivity index (χ0n) is 17.9. The van der Waals surface area contributed by atoms with Gasteiger partial charge in [0.15, 0.2) is 12.4 Å². The lowest BCUT2D eigenvalue weighted by Crippen LogP contribution is -2.37. The average Bonchev–Trinajstić information content (AvgIpc) is 2.83. The Hall–Kier alpha value is -4.13. The minimum absolute atomic E-state index is 0.0872. The quantitative estimate of drug-likeness (QED) is 0.524. The maximum atomic E-state index is 12.4. The van der Waals surface area contributed by atoms with Crippen LogP contribution in [-0.2, 0) is 9.59 Å². The molecule has 0 aliphatic heterocycles. The van der Waals surface area contributed by atoms with Crippen LogP contribution in [0, 0.1) is 0 Å². The highest BCUT2D eigenvalue weighted by atomic mass is 16.5. The minimum atomic E-state index is -0.348. The highest BCUT2D eigenvalue weighted by Crippen LogP contribution is 2.16. The van der Waals surface area contributed by atoms with E-state index in [-0.39, 0.29) is 30.7 Å². The summed E-state index contributed by atoms with van der Waals surface area (Å²) in [6.45, 7) is -0.336. The fourth-order valence-corrected chi connectivity index (χ4v) is 2.89. The second kappa shape index (κ2) is 10.8. The molecule has 0 saturated carbocycles. The van der Waals surface area contributed by atoms with E-state index >= 15 is 0 Å². The third-order valence-corrected chi connectivity index (χ3v) is 4.70. The Bertz CT molecular complexity index is 1060. The number of ketones is 1. The molecule has 0 heterocycles.